The summed E-state index contributed by atoms with van der Waals surface area (Å²) in [5.41, 5.74) is 3.98. The van der Waals surface area contributed by atoms with Crippen LogP contribution in [0.3, 0.4) is 0 Å². The highest BCUT2D eigenvalue weighted by Gasteiger charge is 2.38. The van der Waals surface area contributed by atoms with Gasteiger partial charge in [0.2, 0.25) is 0 Å². The molecule has 3 heterocycles. The second kappa shape index (κ2) is 8.67. The molecule has 2 aromatic carbocycles. The second-order valence-electron chi connectivity index (χ2n) is 9.40. The summed E-state index contributed by atoms with van der Waals surface area (Å²) in [7, 11) is 3.68. The number of anilines is 2. The monoisotopic (exact) mass is 489 g/mol. The standard InChI is InChI=1S/C24H28ClN3O2S2/c1-24(2,3)30-23(29)28-12-15(11-25)22-17-7-5-4-6-16(17)19(10-20(22)28)27-9-8-26-18-13-31-32-14-21(18)27/h4-7,10,14-15,18,26H,8-9,11-13H2,1-3H3/t15-,18+/m1/s1. The normalized spacial score (nSPS) is 23.1. The Labute approximate surface area is 202 Å². The number of carbonyl (C=O) groups excluding carboxylic acids is 1. The Bertz CT molecular complexity index is 1080. The van der Waals surface area contributed by atoms with Crippen molar-refractivity contribution in [2.24, 2.45) is 0 Å². The third-order valence-electron chi connectivity index (χ3n) is 6.10. The van der Waals surface area contributed by atoms with Gasteiger partial charge in [-0.15, -0.1) is 11.6 Å². The minimum absolute atomic E-state index is 0.0785. The zero-order chi connectivity index (χ0) is 22.5. The maximum absolute atomic E-state index is 13.2. The van der Waals surface area contributed by atoms with E-state index in [0.29, 0.717) is 18.5 Å². The Balaban J connectivity index is 1.67. The van der Waals surface area contributed by atoms with Crippen LogP contribution in [0.25, 0.3) is 10.8 Å². The summed E-state index contributed by atoms with van der Waals surface area (Å²) in [6.45, 7) is 8.07. The van der Waals surface area contributed by atoms with E-state index in [2.05, 4.69) is 46.0 Å². The molecule has 170 valence electrons. The Morgan fingerprint density at radius 1 is 1.25 bits per heavy atom. The van der Waals surface area contributed by atoms with E-state index in [9.17, 15) is 4.79 Å². The number of ether oxygens (including phenoxy) is 1. The minimum atomic E-state index is -0.552. The van der Waals surface area contributed by atoms with Gasteiger partial charge in [0.15, 0.2) is 0 Å². The maximum Gasteiger partial charge on any atom is 0.414 e. The summed E-state index contributed by atoms with van der Waals surface area (Å²) in [6, 6.07) is 11.0. The third-order valence-corrected chi connectivity index (χ3v) is 8.52. The number of carbonyl (C=O) groups is 1. The molecular weight excluding hydrogens is 462 g/mol. The Morgan fingerprint density at radius 3 is 2.78 bits per heavy atom. The van der Waals surface area contributed by atoms with Crippen LogP contribution in [0.4, 0.5) is 16.2 Å². The van der Waals surface area contributed by atoms with Crippen LogP contribution in [-0.2, 0) is 4.74 Å². The van der Waals surface area contributed by atoms with Crippen LogP contribution in [0.15, 0.2) is 41.4 Å². The van der Waals surface area contributed by atoms with Crippen molar-refractivity contribution in [3.05, 3.63) is 47.0 Å². The summed E-state index contributed by atoms with van der Waals surface area (Å²) in [6.07, 6.45) is -0.311. The molecular formula is C24H28ClN3O2S2. The predicted octanol–water partition coefficient (Wildman–Crippen LogP) is 5.93. The number of hydrogen-bond acceptors (Lipinski definition) is 6. The lowest BCUT2D eigenvalue weighted by molar-refractivity contribution is 0.0582. The number of halogens is 1. The summed E-state index contributed by atoms with van der Waals surface area (Å²) >= 11 is 6.41. The SMILES string of the molecule is CC(C)(C)OC(=O)N1C[C@@H](CCl)c2c1cc(N1CCN[C@H]3CSSC=C31)c1ccccc21. The van der Waals surface area contributed by atoms with E-state index in [0.717, 1.165) is 35.8 Å². The van der Waals surface area contributed by atoms with Crippen LogP contribution in [0.1, 0.15) is 32.3 Å². The summed E-state index contributed by atoms with van der Waals surface area (Å²) in [4.78, 5) is 17.4. The molecule has 1 amide bonds. The van der Waals surface area contributed by atoms with E-state index in [1.54, 1.807) is 15.7 Å². The van der Waals surface area contributed by atoms with E-state index >= 15 is 0 Å². The summed E-state index contributed by atoms with van der Waals surface area (Å²) in [5, 5.41) is 8.29. The summed E-state index contributed by atoms with van der Waals surface area (Å²) < 4.78 is 5.76. The van der Waals surface area contributed by atoms with E-state index in [4.69, 9.17) is 16.3 Å². The number of nitrogens with one attached hydrogen (secondary N) is 1. The first kappa shape index (κ1) is 22.3. The molecule has 2 aromatic rings. The van der Waals surface area contributed by atoms with Crippen LogP contribution >= 0.6 is 33.2 Å². The van der Waals surface area contributed by atoms with Gasteiger partial charge in [-0.3, -0.25) is 4.90 Å². The van der Waals surface area contributed by atoms with Gasteiger partial charge >= 0.3 is 6.09 Å². The molecule has 1 N–H and O–H groups in total. The van der Waals surface area contributed by atoms with Gasteiger partial charge in [0, 0.05) is 53.7 Å². The van der Waals surface area contributed by atoms with Crippen LogP contribution in [0, 0.1) is 0 Å². The van der Waals surface area contributed by atoms with E-state index < -0.39 is 5.60 Å². The first-order valence-electron chi connectivity index (χ1n) is 11.0. The number of rotatable bonds is 2. The molecule has 1 saturated heterocycles. The van der Waals surface area contributed by atoms with Crippen LogP contribution in [0.2, 0.25) is 0 Å². The smallest absolute Gasteiger partial charge is 0.414 e. The molecule has 0 aliphatic carbocycles. The topological polar surface area (TPSA) is 44.8 Å². The zero-order valence-electron chi connectivity index (χ0n) is 18.6. The van der Waals surface area contributed by atoms with Gasteiger partial charge in [-0.1, -0.05) is 45.9 Å². The van der Waals surface area contributed by atoms with Crippen molar-refractivity contribution in [2.45, 2.75) is 38.3 Å². The highest BCUT2D eigenvalue weighted by molar-refractivity contribution is 8.77. The zero-order valence-corrected chi connectivity index (χ0v) is 20.9. The average molecular weight is 490 g/mol. The Morgan fingerprint density at radius 2 is 2.03 bits per heavy atom. The van der Waals surface area contributed by atoms with Gasteiger partial charge in [0.05, 0.1) is 17.4 Å². The van der Waals surface area contributed by atoms with Crippen molar-refractivity contribution < 1.29 is 9.53 Å². The molecule has 1 fully saturated rings. The lowest BCUT2D eigenvalue weighted by atomic mass is 9.94. The van der Waals surface area contributed by atoms with Crippen molar-refractivity contribution in [3.63, 3.8) is 0 Å². The number of fused-ring (bicyclic) bond motifs is 4. The van der Waals surface area contributed by atoms with Gasteiger partial charge < -0.3 is 15.0 Å². The Kier molecular flexibility index (Phi) is 6.03. The van der Waals surface area contributed by atoms with Crippen LogP contribution < -0.4 is 15.1 Å². The molecule has 3 aliphatic rings. The number of alkyl halides is 1. The van der Waals surface area contributed by atoms with E-state index in [-0.39, 0.29) is 12.0 Å². The van der Waals surface area contributed by atoms with Gasteiger partial charge in [-0.2, -0.15) is 0 Å². The van der Waals surface area contributed by atoms with Crippen LogP contribution in [0.5, 0.6) is 0 Å². The number of hydrogen-bond donors (Lipinski definition) is 1. The number of amides is 1. The molecule has 8 heteroatoms. The van der Waals surface area contributed by atoms with Gasteiger partial charge in [0.1, 0.15) is 5.60 Å². The van der Waals surface area contributed by atoms with E-state index in [1.807, 2.05) is 31.6 Å². The van der Waals surface area contributed by atoms with Gasteiger partial charge in [0.25, 0.3) is 0 Å². The Hall–Kier alpha value is -1.54. The quantitative estimate of drug-likeness (QED) is 0.416. The van der Waals surface area contributed by atoms with Crippen LogP contribution in [-0.4, -0.2) is 49.0 Å². The van der Waals surface area contributed by atoms with Crippen molar-refractivity contribution in [2.75, 3.05) is 41.1 Å². The van der Waals surface area contributed by atoms with Crippen molar-refractivity contribution >= 4 is 61.4 Å². The molecule has 0 saturated carbocycles. The molecule has 0 unspecified atom stereocenters. The maximum atomic E-state index is 13.2. The molecule has 3 aliphatic heterocycles. The minimum Gasteiger partial charge on any atom is -0.443 e. The molecule has 2 atom stereocenters. The molecule has 0 bridgehead atoms. The van der Waals surface area contributed by atoms with Gasteiger partial charge in [-0.25, -0.2) is 4.79 Å². The molecule has 0 radical (unpaired) electrons. The molecule has 5 nitrogen and oxygen atoms in total. The average Bonchev–Trinajstić information content (AvgIpc) is 3.16. The number of piperazine rings is 1. The number of benzene rings is 2. The highest BCUT2D eigenvalue weighted by Crippen LogP contribution is 2.47. The first-order chi connectivity index (χ1) is 15.4. The fraction of sp³-hybridized carbons (Fsp3) is 0.458. The van der Waals surface area contributed by atoms with E-state index in [1.165, 1.54) is 16.5 Å². The largest absolute Gasteiger partial charge is 0.443 e. The summed E-state index contributed by atoms with van der Waals surface area (Å²) in [5.74, 6) is 1.59. The van der Waals surface area contributed by atoms with Gasteiger partial charge in [-0.05, 0) is 37.8 Å². The lowest BCUT2D eigenvalue weighted by Crippen LogP contribution is -2.50. The van der Waals surface area contributed by atoms with Crippen molar-refractivity contribution in [3.8, 4) is 0 Å². The number of nitrogens with zero attached hydrogens (tertiary/aromatic N) is 2. The lowest BCUT2D eigenvalue weighted by Gasteiger charge is -2.40. The molecule has 5 rings (SSSR count). The predicted molar refractivity (Wildman–Crippen MR) is 138 cm³/mol. The second-order valence-corrected chi connectivity index (χ2v) is 12.0. The highest BCUT2D eigenvalue weighted by atomic mass is 35.5. The fourth-order valence-corrected chi connectivity index (χ4v) is 7.14. The van der Waals surface area contributed by atoms with Crippen molar-refractivity contribution in [1.82, 2.24) is 5.32 Å². The molecule has 0 aromatic heterocycles. The van der Waals surface area contributed by atoms with Crippen molar-refractivity contribution in [1.29, 1.82) is 0 Å². The third kappa shape index (κ3) is 3.98. The fourth-order valence-electron chi connectivity index (χ4n) is 4.78. The molecule has 32 heavy (non-hydrogen) atoms. The molecule has 0 spiro atoms. The first-order valence-corrected chi connectivity index (χ1v) is 13.9.